The fourth-order valence-electron chi connectivity index (χ4n) is 0. The average molecular weight is 134 g/mol. The first-order chi connectivity index (χ1) is 3.00. The molecule has 0 aromatic carbocycles. The summed E-state index contributed by atoms with van der Waals surface area (Å²) < 4.78 is 0. The van der Waals surface area contributed by atoms with E-state index in [2.05, 4.69) is 27.7 Å². The van der Waals surface area contributed by atoms with E-state index in [4.69, 9.17) is 0 Å². The van der Waals surface area contributed by atoms with Crippen LogP contribution in [0.15, 0.2) is 0 Å². The molecule has 0 nitrogen and oxygen atoms in total. The Kier molecular flexibility index (Phi) is 27.9. The van der Waals surface area contributed by atoms with Gasteiger partial charge in [-0.2, -0.15) is 0 Å². The van der Waals surface area contributed by atoms with Crippen LogP contribution in [0.1, 0.15) is 56.4 Å². The molecule has 9 heavy (non-hydrogen) atoms. The van der Waals surface area contributed by atoms with Crippen molar-refractivity contribution in [3.63, 3.8) is 0 Å². The minimum absolute atomic E-state index is 0. The maximum atomic E-state index is 2.19. The molecule has 0 heterocycles. The summed E-state index contributed by atoms with van der Waals surface area (Å²) in [7, 11) is 0. The van der Waals surface area contributed by atoms with Crippen molar-refractivity contribution in [3.8, 4) is 0 Å². The molecular formula is C9H26. The summed E-state index contributed by atoms with van der Waals surface area (Å²) in [6.45, 7) is 12.8. The zero-order valence-corrected chi connectivity index (χ0v) is 6.50. The van der Waals surface area contributed by atoms with Gasteiger partial charge in [-0.05, 0) is 5.41 Å². The molecule has 0 aliphatic heterocycles. The maximum Gasteiger partial charge on any atom is -0.0411 e. The summed E-state index contributed by atoms with van der Waals surface area (Å²) in [5, 5.41) is 0. The predicted molar refractivity (Wildman–Crippen MR) is 49.9 cm³/mol. The average Bonchev–Trinajstić information content (AvgIpc) is 1.36. The van der Waals surface area contributed by atoms with Crippen LogP contribution in [0.5, 0.6) is 0 Å². The third kappa shape index (κ3) is 0. The van der Waals surface area contributed by atoms with Crippen molar-refractivity contribution in [1.29, 1.82) is 0 Å². The summed E-state index contributed by atoms with van der Waals surface area (Å²) in [5.41, 5.74) is 0.500. The Morgan fingerprint density at radius 1 is 0.667 bits per heavy atom. The maximum absolute atomic E-state index is 2.19. The van der Waals surface area contributed by atoms with Gasteiger partial charge in [0.1, 0.15) is 0 Å². The van der Waals surface area contributed by atoms with Crippen LogP contribution in [-0.2, 0) is 0 Å². The van der Waals surface area contributed by atoms with Crippen LogP contribution < -0.4 is 0 Å². The van der Waals surface area contributed by atoms with Crippen molar-refractivity contribution in [2.45, 2.75) is 56.4 Å². The lowest BCUT2D eigenvalue weighted by Gasteiger charge is -2.05. The fraction of sp³-hybridized carbons (Fsp3) is 1.00. The normalized spacial score (nSPS) is 7.33. The van der Waals surface area contributed by atoms with Crippen molar-refractivity contribution in [2.24, 2.45) is 5.41 Å². The Morgan fingerprint density at radius 2 is 0.667 bits per heavy atom. The highest BCUT2D eigenvalue weighted by Crippen LogP contribution is 2.07. The van der Waals surface area contributed by atoms with Gasteiger partial charge in [-0.25, -0.2) is 0 Å². The molecule has 0 saturated carbocycles. The summed E-state index contributed by atoms with van der Waals surface area (Å²) >= 11 is 0. The van der Waals surface area contributed by atoms with E-state index in [1.807, 2.05) is 13.8 Å². The fourth-order valence-corrected chi connectivity index (χ4v) is 0. The van der Waals surface area contributed by atoms with Gasteiger partial charge in [0.05, 0.1) is 0 Å². The molecule has 0 aromatic rings. The van der Waals surface area contributed by atoms with Crippen LogP contribution in [0.2, 0.25) is 0 Å². The van der Waals surface area contributed by atoms with Gasteiger partial charge in [-0.1, -0.05) is 56.4 Å². The number of hydrogen-bond donors (Lipinski definition) is 0. The van der Waals surface area contributed by atoms with E-state index in [1.54, 1.807) is 0 Å². The highest BCUT2D eigenvalue weighted by Gasteiger charge is 1.95. The summed E-state index contributed by atoms with van der Waals surface area (Å²) in [4.78, 5) is 0. The number of hydrogen-bond acceptors (Lipinski definition) is 0. The second-order valence-corrected chi connectivity index (χ2v) is 3.00. The van der Waals surface area contributed by atoms with Crippen molar-refractivity contribution < 1.29 is 0 Å². The van der Waals surface area contributed by atoms with E-state index in [9.17, 15) is 0 Å². The quantitative estimate of drug-likeness (QED) is 0.462. The largest absolute Gasteiger partial charge is 0.0776 e. The van der Waals surface area contributed by atoms with Crippen molar-refractivity contribution >= 4 is 0 Å². The second-order valence-electron chi connectivity index (χ2n) is 3.00. The van der Waals surface area contributed by atoms with E-state index in [0.29, 0.717) is 5.41 Å². The molecule has 0 heteroatoms. The van der Waals surface area contributed by atoms with Crippen LogP contribution in [0.3, 0.4) is 0 Å². The molecular weight excluding hydrogens is 108 g/mol. The van der Waals surface area contributed by atoms with E-state index < -0.39 is 0 Å². The molecule has 0 spiro atoms. The minimum Gasteiger partial charge on any atom is -0.0776 e. The monoisotopic (exact) mass is 134 g/mol. The smallest absolute Gasteiger partial charge is 0.0411 e. The molecule has 0 rings (SSSR count). The van der Waals surface area contributed by atoms with Gasteiger partial charge in [0.25, 0.3) is 0 Å². The van der Waals surface area contributed by atoms with Crippen molar-refractivity contribution in [1.82, 2.24) is 0 Å². The van der Waals surface area contributed by atoms with Gasteiger partial charge >= 0.3 is 0 Å². The van der Waals surface area contributed by atoms with Gasteiger partial charge < -0.3 is 0 Å². The molecule has 0 aromatic heterocycles. The van der Waals surface area contributed by atoms with Crippen molar-refractivity contribution in [3.05, 3.63) is 0 Å². The summed E-state index contributed by atoms with van der Waals surface area (Å²) in [6.07, 6.45) is 0. The SMILES string of the molecule is C.C.CC.CC(C)(C)C. The molecule has 62 valence electrons. The van der Waals surface area contributed by atoms with Gasteiger partial charge in [0.2, 0.25) is 0 Å². The third-order valence-electron chi connectivity index (χ3n) is 0. The molecule has 0 bridgehead atoms. The zero-order valence-electron chi connectivity index (χ0n) is 6.50. The molecule has 0 aliphatic carbocycles. The Morgan fingerprint density at radius 3 is 0.667 bits per heavy atom. The van der Waals surface area contributed by atoms with E-state index in [0.717, 1.165) is 0 Å². The third-order valence-corrected chi connectivity index (χ3v) is 0. The first kappa shape index (κ1) is 23.0. The van der Waals surface area contributed by atoms with Crippen LogP contribution in [0.25, 0.3) is 0 Å². The highest BCUT2D eigenvalue weighted by molar-refractivity contribution is 4.47. The van der Waals surface area contributed by atoms with Crippen LogP contribution in [0.4, 0.5) is 0 Å². The Labute approximate surface area is 62.7 Å². The highest BCUT2D eigenvalue weighted by atomic mass is 14.0. The topological polar surface area (TPSA) is 0 Å². The molecule has 0 saturated heterocycles. The van der Waals surface area contributed by atoms with E-state index >= 15 is 0 Å². The second kappa shape index (κ2) is 10.9. The Hall–Kier alpha value is 0. The van der Waals surface area contributed by atoms with Crippen molar-refractivity contribution in [2.75, 3.05) is 0 Å². The Balaban J connectivity index is -0.0000000286. The molecule has 0 aliphatic rings. The van der Waals surface area contributed by atoms with Gasteiger partial charge in [0, 0.05) is 0 Å². The minimum atomic E-state index is 0. The molecule has 0 fully saturated rings. The van der Waals surface area contributed by atoms with E-state index in [-0.39, 0.29) is 14.9 Å². The lowest BCUT2D eigenvalue weighted by molar-refractivity contribution is 0.469. The number of rotatable bonds is 0. The van der Waals surface area contributed by atoms with Gasteiger partial charge in [0.15, 0.2) is 0 Å². The first-order valence-electron chi connectivity index (χ1n) is 3.00. The summed E-state index contributed by atoms with van der Waals surface area (Å²) in [6, 6.07) is 0. The van der Waals surface area contributed by atoms with Crippen LogP contribution >= 0.6 is 0 Å². The van der Waals surface area contributed by atoms with Crippen LogP contribution in [0, 0.1) is 5.41 Å². The molecule has 0 atom stereocenters. The molecule has 0 N–H and O–H groups in total. The standard InChI is InChI=1S/C5H12.C2H6.2CH4/c1-5(2,3)4;1-2;;/h1-4H3;1-2H3;2*1H4. The Bertz CT molecular complexity index is 15.5. The lowest BCUT2D eigenvalue weighted by atomic mass is 10.0. The predicted octanol–water partition coefficient (Wildman–Crippen LogP) is 4.35. The molecule has 0 amide bonds. The molecule has 0 unspecified atom stereocenters. The lowest BCUT2D eigenvalue weighted by Crippen LogP contribution is -1.93. The van der Waals surface area contributed by atoms with Gasteiger partial charge in [-0.3, -0.25) is 0 Å². The van der Waals surface area contributed by atoms with Gasteiger partial charge in [-0.15, -0.1) is 0 Å². The van der Waals surface area contributed by atoms with E-state index in [1.165, 1.54) is 0 Å². The first-order valence-corrected chi connectivity index (χ1v) is 3.00. The summed E-state index contributed by atoms with van der Waals surface area (Å²) in [5.74, 6) is 0. The molecule has 0 radical (unpaired) electrons. The zero-order chi connectivity index (χ0) is 6.50. The van der Waals surface area contributed by atoms with Crippen LogP contribution in [-0.4, -0.2) is 0 Å².